The van der Waals surface area contributed by atoms with Crippen LogP contribution < -0.4 is 5.32 Å². The van der Waals surface area contributed by atoms with Gasteiger partial charge in [-0.3, -0.25) is 0 Å². The van der Waals surface area contributed by atoms with Crippen molar-refractivity contribution in [3.63, 3.8) is 0 Å². The summed E-state index contributed by atoms with van der Waals surface area (Å²) in [5.74, 6) is 0.616. The summed E-state index contributed by atoms with van der Waals surface area (Å²) < 4.78 is 5.59. The molecule has 0 saturated heterocycles. The van der Waals surface area contributed by atoms with Gasteiger partial charge in [-0.2, -0.15) is 0 Å². The van der Waals surface area contributed by atoms with Crippen LogP contribution >= 0.6 is 0 Å². The molecule has 0 amide bonds. The van der Waals surface area contributed by atoms with Crippen LogP contribution in [-0.2, 0) is 11.2 Å². The molecule has 1 N–H and O–H groups in total. The van der Waals surface area contributed by atoms with Crippen LogP contribution in [-0.4, -0.2) is 19.2 Å². The lowest BCUT2D eigenvalue weighted by Gasteiger charge is -2.30. The molecule has 0 bridgehead atoms. The lowest BCUT2D eigenvalue weighted by molar-refractivity contribution is 0.217. The number of benzene rings is 1. The Labute approximate surface area is 122 Å². The van der Waals surface area contributed by atoms with Gasteiger partial charge < -0.3 is 10.1 Å². The van der Waals surface area contributed by atoms with E-state index >= 15 is 0 Å². The Hall–Kier alpha value is -1.28. The minimum atomic E-state index is 0.457. The molecule has 0 aromatic heterocycles. The normalized spacial score (nSPS) is 22.9. The van der Waals surface area contributed by atoms with Crippen molar-refractivity contribution in [3.05, 3.63) is 47.2 Å². The van der Waals surface area contributed by atoms with E-state index in [1.54, 1.807) is 5.56 Å². The first-order chi connectivity index (χ1) is 9.90. The summed E-state index contributed by atoms with van der Waals surface area (Å²) >= 11 is 0. The van der Waals surface area contributed by atoms with E-state index < -0.39 is 0 Å². The third kappa shape index (κ3) is 2.76. The van der Waals surface area contributed by atoms with Crippen LogP contribution in [0.25, 0.3) is 0 Å². The second-order valence-electron chi connectivity index (χ2n) is 5.94. The van der Waals surface area contributed by atoms with Gasteiger partial charge in [0.25, 0.3) is 0 Å². The summed E-state index contributed by atoms with van der Waals surface area (Å²) in [6, 6.07) is 9.41. The molecule has 108 valence electrons. The fourth-order valence-corrected chi connectivity index (χ4v) is 3.58. The van der Waals surface area contributed by atoms with Crippen molar-refractivity contribution in [2.24, 2.45) is 0 Å². The van der Waals surface area contributed by atoms with Crippen molar-refractivity contribution in [2.75, 3.05) is 13.2 Å². The van der Waals surface area contributed by atoms with Gasteiger partial charge >= 0.3 is 0 Å². The second-order valence-corrected chi connectivity index (χ2v) is 5.94. The molecule has 0 saturated carbocycles. The Bertz CT molecular complexity index is 480. The molecule has 2 nitrogen and oxygen atoms in total. The van der Waals surface area contributed by atoms with Crippen molar-refractivity contribution in [3.8, 4) is 0 Å². The zero-order valence-electron chi connectivity index (χ0n) is 12.4. The van der Waals surface area contributed by atoms with Crippen molar-refractivity contribution < 1.29 is 4.74 Å². The second kappa shape index (κ2) is 6.45. The van der Waals surface area contributed by atoms with Crippen molar-refractivity contribution >= 4 is 0 Å². The molecule has 2 aliphatic rings. The van der Waals surface area contributed by atoms with Crippen LogP contribution in [0.15, 0.2) is 36.1 Å². The molecular formula is C18H25NO. The maximum atomic E-state index is 5.59. The van der Waals surface area contributed by atoms with Gasteiger partial charge in [-0.15, -0.1) is 0 Å². The molecule has 2 atom stereocenters. The van der Waals surface area contributed by atoms with Gasteiger partial charge in [0.2, 0.25) is 0 Å². The first kappa shape index (κ1) is 13.7. The highest BCUT2D eigenvalue weighted by molar-refractivity contribution is 5.38. The van der Waals surface area contributed by atoms with E-state index in [1.165, 1.54) is 36.8 Å². The maximum absolute atomic E-state index is 5.59. The molecule has 0 radical (unpaired) electrons. The zero-order chi connectivity index (χ0) is 13.8. The zero-order valence-corrected chi connectivity index (χ0v) is 12.4. The lowest BCUT2D eigenvalue weighted by atomic mass is 9.86. The molecule has 1 aliphatic carbocycles. The van der Waals surface area contributed by atoms with Gasteiger partial charge in [-0.05, 0) is 55.3 Å². The summed E-state index contributed by atoms with van der Waals surface area (Å²) in [6.45, 7) is 4.20. The standard InChI is InChI=1S/C18H25NO/c1-2-11-19-18(15-7-5-12-20-13-15)17-10-9-14-6-3-4-8-16(14)17/h3-4,6,8,13,17-19H,2,5,7,9-12H2,1H3. The number of hydrogen-bond acceptors (Lipinski definition) is 2. The van der Waals surface area contributed by atoms with E-state index in [2.05, 4.69) is 36.5 Å². The quantitative estimate of drug-likeness (QED) is 0.880. The highest BCUT2D eigenvalue weighted by atomic mass is 16.5. The first-order valence-electron chi connectivity index (χ1n) is 8.02. The molecule has 1 aliphatic heterocycles. The van der Waals surface area contributed by atoms with E-state index in [1.807, 2.05) is 6.26 Å². The van der Waals surface area contributed by atoms with E-state index in [-0.39, 0.29) is 0 Å². The Morgan fingerprint density at radius 1 is 1.30 bits per heavy atom. The van der Waals surface area contributed by atoms with Gasteiger partial charge in [-0.1, -0.05) is 31.2 Å². The molecule has 1 aromatic carbocycles. The smallest absolute Gasteiger partial charge is 0.0876 e. The van der Waals surface area contributed by atoms with Crippen LogP contribution in [0.1, 0.15) is 49.7 Å². The minimum Gasteiger partial charge on any atom is -0.501 e. The summed E-state index contributed by atoms with van der Waals surface area (Å²) in [4.78, 5) is 0. The van der Waals surface area contributed by atoms with Crippen LogP contribution in [0.5, 0.6) is 0 Å². The monoisotopic (exact) mass is 271 g/mol. The minimum absolute atomic E-state index is 0.457. The van der Waals surface area contributed by atoms with Gasteiger partial charge in [-0.25, -0.2) is 0 Å². The highest BCUT2D eigenvalue weighted by Crippen LogP contribution is 2.38. The Morgan fingerprint density at radius 2 is 2.20 bits per heavy atom. The third-order valence-corrected chi connectivity index (χ3v) is 4.56. The average molecular weight is 271 g/mol. The van der Waals surface area contributed by atoms with Crippen molar-refractivity contribution in [2.45, 2.75) is 51.0 Å². The number of aryl methyl sites for hydroxylation is 1. The van der Waals surface area contributed by atoms with E-state index in [9.17, 15) is 0 Å². The topological polar surface area (TPSA) is 21.3 Å². The molecule has 2 unspecified atom stereocenters. The average Bonchev–Trinajstić information content (AvgIpc) is 2.93. The van der Waals surface area contributed by atoms with Gasteiger partial charge in [0.1, 0.15) is 0 Å². The maximum Gasteiger partial charge on any atom is 0.0876 e. The highest BCUT2D eigenvalue weighted by Gasteiger charge is 2.31. The van der Waals surface area contributed by atoms with Gasteiger partial charge in [0.15, 0.2) is 0 Å². The molecule has 0 spiro atoms. The number of fused-ring (bicyclic) bond motifs is 1. The Kier molecular flexibility index (Phi) is 4.41. The fraction of sp³-hybridized carbons (Fsp3) is 0.556. The molecule has 1 heterocycles. The van der Waals surface area contributed by atoms with Gasteiger partial charge in [0, 0.05) is 12.0 Å². The lowest BCUT2D eigenvalue weighted by Crippen LogP contribution is -2.37. The van der Waals surface area contributed by atoms with Crippen LogP contribution in [0, 0.1) is 0 Å². The van der Waals surface area contributed by atoms with Crippen LogP contribution in [0.4, 0.5) is 0 Å². The van der Waals surface area contributed by atoms with E-state index in [4.69, 9.17) is 4.74 Å². The van der Waals surface area contributed by atoms with Crippen molar-refractivity contribution in [1.29, 1.82) is 0 Å². The van der Waals surface area contributed by atoms with Crippen molar-refractivity contribution in [1.82, 2.24) is 5.32 Å². The Morgan fingerprint density at radius 3 is 3.00 bits per heavy atom. The molecule has 3 rings (SSSR count). The molecule has 20 heavy (non-hydrogen) atoms. The van der Waals surface area contributed by atoms with Gasteiger partial charge in [0.05, 0.1) is 12.9 Å². The summed E-state index contributed by atoms with van der Waals surface area (Å²) in [5, 5.41) is 3.77. The van der Waals surface area contributed by atoms with Crippen LogP contribution in [0.3, 0.4) is 0 Å². The molecule has 0 fully saturated rings. The molecule has 1 aromatic rings. The Balaban J connectivity index is 1.84. The number of rotatable bonds is 5. The number of hydrogen-bond donors (Lipinski definition) is 1. The summed E-state index contributed by atoms with van der Waals surface area (Å²) in [7, 11) is 0. The van der Waals surface area contributed by atoms with Crippen LogP contribution in [0.2, 0.25) is 0 Å². The summed E-state index contributed by atoms with van der Waals surface area (Å²) in [6.07, 6.45) is 8.03. The number of ether oxygens (including phenoxy) is 1. The third-order valence-electron chi connectivity index (χ3n) is 4.56. The summed E-state index contributed by atoms with van der Waals surface area (Å²) in [5.41, 5.74) is 4.55. The predicted octanol–water partition coefficient (Wildman–Crippen LogP) is 3.78. The first-order valence-corrected chi connectivity index (χ1v) is 8.02. The largest absolute Gasteiger partial charge is 0.501 e. The molecular weight excluding hydrogens is 246 g/mol. The predicted molar refractivity (Wildman–Crippen MR) is 82.9 cm³/mol. The van der Waals surface area contributed by atoms with E-state index in [0.29, 0.717) is 12.0 Å². The fourth-order valence-electron chi connectivity index (χ4n) is 3.58. The number of nitrogens with one attached hydrogen (secondary N) is 1. The molecule has 2 heteroatoms. The van der Waals surface area contributed by atoms with E-state index in [0.717, 1.165) is 19.6 Å². The SMILES string of the molecule is CCCNC(C1=COCCC1)C1CCc2ccccc21.